The van der Waals surface area contributed by atoms with E-state index in [2.05, 4.69) is 43.3 Å². The van der Waals surface area contributed by atoms with Crippen molar-refractivity contribution in [3.05, 3.63) is 23.3 Å². The summed E-state index contributed by atoms with van der Waals surface area (Å²) < 4.78 is 1.66. The molecule has 0 spiro atoms. The van der Waals surface area contributed by atoms with Crippen molar-refractivity contribution in [1.82, 2.24) is 41.0 Å². The fourth-order valence-electron chi connectivity index (χ4n) is 3.93. The number of tetrazole rings is 1. The Morgan fingerprint density at radius 2 is 2.17 bits per heavy atom. The van der Waals surface area contributed by atoms with Crippen LogP contribution >= 0.6 is 0 Å². The number of nitrogens with zero attached hydrogens (tertiary/aromatic N) is 5. The number of hydrogen-bond donors (Lipinski definition) is 3. The number of carbonyl (C=O) groups is 2. The molecule has 0 aliphatic heterocycles. The van der Waals surface area contributed by atoms with Gasteiger partial charge in [-0.3, -0.25) is 14.3 Å². The van der Waals surface area contributed by atoms with Gasteiger partial charge in [0.2, 0.25) is 5.91 Å². The lowest BCUT2D eigenvalue weighted by Crippen LogP contribution is -2.50. The van der Waals surface area contributed by atoms with Crippen molar-refractivity contribution < 1.29 is 9.59 Å². The summed E-state index contributed by atoms with van der Waals surface area (Å²) in [5.41, 5.74) is 1.25. The van der Waals surface area contributed by atoms with Crippen molar-refractivity contribution in [2.24, 2.45) is 0 Å². The molecule has 1 fully saturated rings. The monoisotopic (exact) mass is 402 g/mol. The summed E-state index contributed by atoms with van der Waals surface area (Å²) >= 11 is 0. The van der Waals surface area contributed by atoms with Crippen molar-refractivity contribution in [3.63, 3.8) is 0 Å². The van der Waals surface area contributed by atoms with Gasteiger partial charge in [-0.2, -0.15) is 10.3 Å². The second-order valence-electron chi connectivity index (χ2n) is 7.58. The first kappa shape index (κ1) is 20.9. The molecule has 0 bridgehead atoms. The van der Waals surface area contributed by atoms with Gasteiger partial charge in [-0.05, 0) is 39.2 Å². The summed E-state index contributed by atoms with van der Waals surface area (Å²) in [6.07, 6.45) is 5.15. The number of H-pyrrole nitrogens is 1. The average molecular weight is 403 g/mol. The molecule has 10 nitrogen and oxygen atoms in total. The van der Waals surface area contributed by atoms with Crippen LogP contribution in [0.15, 0.2) is 6.07 Å². The Labute approximate surface area is 170 Å². The maximum Gasteiger partial charge on any atom is 0.270 e. The number of aromatic amines is 1. The summed E-state index contributed by atoms with van der Waals surface area (Å²) in [5, 5.41) is 24.6. The Balaban J connectivity index is 1.68. The minimum atomic E-state index is -0.588. The van der Waals surface area contributed by atoms with E-state index in [0.29, 0.717) is 24.5 Å². The van der Waals surface area contributed by atoms with Crippen LogP contribution in [0.1, 0.15) is 80.3 Å². The van der Waals surface area contributed by atoms with Gasteiger partial charge < -0.3 is 10.6 Å². The third-order valence-corrected chi connectivity index (χ3v) is 5.44. The third kappa shape index (κ3) is 4.99. The molecule has 3 rings (SSSR count). The first-order valence-electron chi connectivity index (χ1n) is 10.4. The summed E-state index contributed by atoms with van der Waals surface area (Å²) in [6.45, 7) is 6.44. The highest BCUT2D eigenvalue weighted by Crippen LogP contribution is 2.32. The molecule has 2 aromatic rings. The lowest BCUT2D eigenvalue weighted by atomic mass is 10.0. The fourth-order valence-corrected chi connectivity index (χ4v) is 3.93. The van der Waals surface area contributed by atoms with Crippen molar-refractivity contribution in [1.29, 1.82) is 0 Å². The zero-order valence-electron chi connectivity index (χ0n) is 17.3. The van der Waals surface area contributed by atoms with E-state index in [1.165, 1.54) is 0 Å². The summed E-state index contributed by atoms with van der Waals surface area (Å²) in [4.78, 5) is 25.9. The summed E-state index contributed by atoms with van der Waals surface area (Å²) in [5.74, 6) is 0.241. The van der Waals surface area contributed by atoms with E-state index in [1.54, 1.807) is 10.7 Å². The van der Waals surface area contributed by atoms with Gasteiger partial charge in [-0.25, -0.2) is 0 Å². The molecule has 3 atom stereocenters. The standard InChI is InChI=1S/C19H30N8O2/c1-4-6-9-15(21-19(29)16-11-12(3)24-27(16)5-2)18(28)20-14-10-7-8-13(14)17-22-25-26-23-17/h11,13-15H,4-10H2,1-3H3,(H,20,28)(H,21,29)(H,22,23,25,26)/t13-,14+,15+/m1/s1. The number of aromatic nitrogens is 6. The Bertz CT molecular complexity index is 816. The van der Waals surface area contributed by atoms with Gasteiger partial charge in [0.1, 0.15) is 11.7 Å². The van der Waals surface area contributed by atoms with Gasteiger partial charge in [0.15, 0.2) is 5.82 Å². The number of aryl methyl sites for hydroxylation is 2. The van der Waals surface area contributed by atoms with Gasteiger partial charge in [-0.15, -0.1) is 10.2 Å². The Morgan fingerprint density at radius 3 is 2.86 bits per heavy atom. The van der Waals surface area contributed by atoms with Crippen LogP contribution in [0.5, 0.6) is 0 Å². The normalized spacial score (nSPS) is 19.8. The quantitative estimate of drug-likeness (QED) is 0.582. The molecule has 10 heteroatoms. The highest BCUT2D eigenvalue weighted by molar-refractivity contribution is 5.96. The molecule has 2 aromatic heterocycles. The highest BCUT2D eigenvalue weighted by atomic mass is 16.2. The number of amides is 2. The molecule has 2 heterocycles. The number of hydrogen-bond acceptors (Lipinski definition) is 6. The molecule has 0 aromatic carbocycles. The molecule has 158 valence electrons. The SMILES string of the molecule is CCCC[C@H](NC(=O)c1cc(C)nn1CC)C(=O)N[C@H]1CCC[C@H]1c1nn[nH]n1. The van der Waals surface area contributed by atoms with Crippen LogP contribution in [0.3, 0.4) is 0 Å². The van der Waals surface area contributed by atoms with E-state index in [-0.39, 0.29) is 23.8 Å². The predicted molar refractivity (Wildman–Crippen MR) is 106 cm³/mol. The van der Waals surface area contributed by atoms with Crippen LogP contribution in [-0.2, 0) is 11.3 Å². The molecule has 0 unspecified atom stereocenters. The lowest BCUT2D eigenvalue weighted by molar-refractivity contribution is -0.124. The van der Waals surface area contributed by atoms with E-state index in [1.807, 2.05) is 13.8 Å². The molecule has 1 saturated carbocycles. The van der Waals surface area contributed by atoms with Crippen molar-refractivity contribution in [2.75, 3.05) is 0 Å². The number of nitrogens with one attached hydrogen (secondary N) is 3. The van der Waals surface area contributed by atoms with Crippen LogP contribution in [-0.4, -0.2) is 54.3 Å². The van der Waals surface area contributed by atoms with E-state index in [0.717, 1.165) is 37.8 Å². The minimum Gasteiger partial charge on any atom is -0.351 e. The zero-order chi connectivity index (χ0) is 20.8. The third-order valence-electron chi connectivity index (χ3n) is 5.44. The highest BCUT2D eigenvalue weighted by Gasteiger charge is 2.34. The number of rotatable bonds is 9. The Hall–Kier alpha value is -2.78. The molecule has 2 amide bonds. The molecule has 0 radical (unpaired) electrons. The van der Waals surface area contributed by atoms with Crippen molar-refractivity contribution in [3.8, 4) is 0 Å². The largest absolute Gasteiger partial charge is 0.351 e. The van der Waals surface area contributed by atoms with Crippen LogP contribution < -0.4 is 10.6 Å². The molecule has 1 aliphatic carbocycles. The molecular weight excluding hydrogens is 372 g/mol. The molecular formula is C19H30N8O2. The maximum absolute atomic E-state index is 13.0. The number of carbonyl (C=O) groups excluding carboxylic acids is 2. The molecule has 29 heavy (non-hydrogen) atoms. The molecule has 3 N–H and O–H groups in total. The Morgan fingerprint density at radius 1 is 1.34 bits per heavy atom. The molecule has 0 saturated heterocycles. The minimum absolute atomic E-state index is 0.0457. The van der Waals surface area contributed by atoms with Crippen molar-refractivity contribution in [2.45, 2.75) is 83.8 Å². The molecule has 1 aliphatic rings. The van der Waals surface area contributed by atoms with Gasteiger partial charge in [0.25, 0.3) is 5.91 Å². The van der Waals surface area contributed by atoms with Crippen molar-refractivity contribution >= 4 is 11.8 Å². The average Bonchev–Trinajstić information content (AvgIpc) is 3.44. The van der Waals surface area contributed by atoms with E-state index in [9.17, 15) is 9.59 Å². The second kappa shape index (κ2) is 9.62. The predicted octanol–water partition coefficient (Wildman–Crippen LogP) is 1.47. The topological polar surface area (TPSA) is 130 Å². The zero-order valence-corrected chi connectivity index (χ0v) is 17.3. The lowest BCUT2D eigenvalue weighted by Gasteiger charge is -2.23. The first-order chi connectivity index (χ1) is 14.0. The van der Waals surface area contributed by atoms with Crippen LogP contribution in [0.4, 0.5) is 0 Å². The second-order valence-corrected chi connectivity index (χ2v) is 7.58. The summed E-state index contributed by atoms with van der Waals surface area (Å²) in [7, 11) is 0. The van der Waals surface area contributed by atoms with Gasteiger partial charge in [0, 0.05) is 18.5 Å². The van der Waals surface area contributed by atoms with Gasteiger partial charge in [0.05, 0.1) is 5.69 Å². The maximum atomic E-state index is 13.0. The van der Waals surface area contributed by atoms with E-state index in [4.69, 9.17) is 0 Å². The smallest absolute Gasteiger partial charge is 0.270 e. The first-order valence-corrected chi connectivity index (χ1v) is 10.4. The van der Waals surface area contributed by atoms with Gasteiger partial charge >= 0.3 is 0 Å². The number of unbranched alkanes of at least 4 members (excludes halogenated alkanes) is 1. The van der Waals surface area contributed by atoms with Crippen LogP contribution in [0, 0.1) is 6.92 Å². The fraction of sp³-hybridized carbons (Fsp3) is 0.684. The van der Waals surface area contributed by atoms with E-state index < -0.39 is 6.04 Å². The Kier molecular flexibility index (Phi) is 6.95. The summed E-state index contributed by atoms with van der Waals surface area (Å²) in [6, 6.07) is 1.11. The van der Waals surface area contributed by atoms with Crippen LogP contribution in [0.25, 0.3) is 0 Å². The van der Waals surface area contributed by atoms with E-state index >= 15 is 0 Å². The van der Waals surface area contributed by atoms with Gasteiger partial charge in [-0.1, -0.05) is 31.4 Å². The van der Waals surface area contributed by atoms with Crippen LogP contribution in [0.2, 0.25) is 0 Å².